The first-order chi connectivity index (χ1) is 5.93. The van der Waals surface area contributed by atoms with Crippen molar-refractivity contribution in [3.63, 3.8) is 0 Å². The number of hydrogen-bond acceptors (Lipinski definition) is 2. The van der Waals surface area contributed by atoms with Gasteiger partial charge >= 0.3 is 0 Å². The van der Waals surface area contributed by atoms with Gasteiger partial charge in [0.15, 0.2) is 0 Å². The predicted molar refractivity (Wildman–Crippen MR) is 53.5 cm³/mol. The van der Waals surface area contributed by atoms with Crippen LogP contribution in [0.25, 0.3) is 0 Å². The van der Waals surface area contributed by atoms with E-state index in [2.05, 4.69) is 26.1 Å². The van der Waals surface area contributed by atoms with Crippen LogP contribution in [0.5, 0.6) is 0 Å². The first kappa shape index (κ1) is 9.47. The van der Waals surface area contributed by atoms with Crippen LogP contribution >= 0.6 is 0 Å². The Balaban J connectivity index is 2.36. The van der Waals surface area contributed by atoms with Crippen LogP contribution in [-0.2, 0) is 0 Å². The van der Waals surface area contributed by atoms with E-state index < -0.39 is 0 Å². The molecule has 0 aromatic heterocycles. The zero-order valence-electron chi connectivity index (χ0n) is 9.09. The second-order valence-corrected chi connectivity index (χ2v) is 5.52. The van der Waals surface area contributed by atoms with E-state index in [1.165, 1.54) is 6.42 Å². The van der Waals surface area contributed by atoms with Crippen molar-refractivity contribution in [2.45, 2.75) is 45.3 Å². The molecule has 0 radical (unpaired) electrons. The lowest BCUT2D eigenvalue weighted by Gasteiger charge is -2.49. The van der Waals surface area contributed by atoms with Gasteiger partial charge < -0.3 is 10.4 Å². The van der Waals surface area contributed by atoms with Crippen LogP contribution in [0.1, 0.15) is 33.6 Å². The van der Waals surface area contributed by atoms with Crippen LogP contribution in [0.4, 0.5) is 0 Å². The fraction of sp³-hybridized carbons (Fsp3) is 1.00. The fourth-order valence-electron chi connectivity index (χ4n) is 3.63. The first-order valence-corrected chi connectivity index (χ1v) is 5.30. The minimum atomic E-state index is -0.0736. The van der Waals surface area contributed by atoms with Crippen molar-refractivity contribution in [1.82, 2.24) is 5.32 Å². The summed E-state index contributed by atoms with van der Waals surface area (Å²) in [5, 5.41) is 13.3. The van der Waals surface area contributed by atoms with Crippen LogP contribution in [0, 0.1) is 17.3 Å². The highest BCUT2D eigenvalue weighted by atomic mass is 16.3. The van der Waals surface area contributed by atoms with Gasteiger partial charge in [-0.2, -0.15) is 0 Å². The van der Waals surface area contributed by atoms with Crippen LogP contribution in [0.2, 0.25) is 0 Å². The Morgan fingerprint density at radius 2 is 1.85 bits per heavy atom. The van der Waals surface area contributed by atoms with Crippen LogP contribution in [-0.4, -0.2) is 23.8 Å². The fourth-order valence-corrected chi connectivity index (χ4v) is 3.63. The van der Waals surface area contributed by atoms with Gasteiger partial charge in [0.1, 0.15) is 0 Å². The lowest BCUT2D eigenvalue weighted by Crippen LogP contribution is -2.59. The van der Waals surface area contributed by atoms with E-state index in [-0.39, 0.29) is 11.6 Å². The number of hydrogen-bond donors (Lipinski definition) is 2. The molecule has 2 aliphatic rings. The standard InChI is InChI=1S/C11H21NO/c1-10(2)7-5-8(9(13)6-7)11(10,3)12-4/h7-9,12-13H,5-6H2,1-4H3. The average Bonchev–Trinajstić information content (AvgIpc) is 2.52. The number of aliphatic hydroxyl groups excluding tert-OH is 1. The SMILES string of the molecule is CNC1(C)C2CC(CC2O)C1(C)C. The molecule has 0 amide bonds. The molecular formula is C11H21NO. The number of fused-ring (bicyclic) bond motifs is 2. The summed E-state index contributed by atoms with van der Waals surface area (Å²) in [6.07, 6.45) is 2.14. The van der Waals surface area contributed by atoms with Gasteiger partial charge in [-0.3, -0.25) is 0 Å². The topological polar surface area (TPSA) is 32.3 Å². The molecule has 0 aromatic carbocycles. The largest absolute Gasteiger partial charge is 0.393 e. The van der Waals surface area contributed by atoms with Gasteiger partial charge in [-0.05, 0) is 38.1 Å². The number of nitrogens with one attached hydrogen (secondary N) is 1. The molecule has 2 rings (SSSR count). The highest BCUT2D eigenvalue weighted by Crippen LogP contribution is 2.60. The third-order valence-corrected chi connectivity index (χ3v) is 5.15. The smallest absolute Gasteiger partial charge is 0.0589 e. The van der Waals surface area contributed by atoms with Crippen LogP contribution in [0.3, 0.4) is 0 Å². The van der Waals surface area contributed by atoms with Crippen molar-refractivity contribution in [2.24, 2.45) is 17.3 Å². The lowest BCUT2D eigenvalue weighted by molar-refractivity contribution is -0.0120. The maximum atomic E-state index is 9.88. The molecule has 0 aromatic rings. The van der Waals surface area contributed by atoms with E-state index in [1.807, 2.05) is 7.05 Å². The van der Waals surface area contributed by atoms with E-state index in [4.69, 9.17) is 0 Å². The maximum absolute atomic E-state index is 9.88. The average molecular weight is 183 g/mol. The summed E-state index contributed by atoms with van der Waals surface area (Å²) >= 11 is 0. The molecule has 2 nitrogen and oxygen atoms in total. The highest BCUT2D eigenvalue weighted by Gasteiger charge is 2.62. The Morgan fingerprint density at radius 1 is 1.23 bits per heavy atom. The third kappa shape index (κ3) is 0.909. The molecule has 0 aliphatic heterocycles. The second-order valence-electron chi connectivity index (χ2n) is 5.52. The van der Waals surface area contributed by atoms with Gasteiger partial charge in [-0.1, -0.05) is 13.8 Å². The Labute approximate surface area is 80.7 Å². The molecule has 4 atom stereocenters. The summed E-state index contributed by atoms with van der Waals surface area (Å²) in [5.41, 5.74) is 0.445. The van der Waals surface area contributed by atoms with E-state index in [1.54, 1.807) is 0 Å². The molecule has 2 heteroatoms. The summed E-state index contributed by atoms with van der Waals surface area (Å²) < 4.78 is 0. The number of aliphatic hydroxyl groups is 1. The molecule has 2 aliphatic carbocycles. The summed E-state index contributed by atoms with van der Waals surface area (Å²) in [4.78, 5) is 0. The van der Waals surface area contributed by atoms with Gasteiger partial charge in [0, 0.05) is 11.5 Å². The zero-order valence-corrected chi connectivity index (χ0v) is 9.09. The van der Waals surface area contributed by atoms with E-state index in [9.17, 15) is 5.11 Å². The third-order valence-electron chi connectivity index (χ3n) is 5.15. The van der Waals surface area contributed by atoms with Crippen molar-refractivity contribution in [1.29, 1.82) is 0 Å². The molecule has 2 N–H and O–H groups in total. The van der Waals surface area contributed by atoms with Crippen molar-refractivity contribution in [3.05, 3.63) is 0 Å². The highest BCUT2D eigenvalue weighted by molar-refractivity contribution is 5.16. The van der Waals surface area contributed by atoms with Crippen molar-refractivity contribution >= 4 is 0 Å². The molecule has 4 unspecified atom stereocenters. The molecule has 2 fully saturated rings. The molecule has 2 saturated carbocycles. The molecule has 0 spiro atoms. The van der Waals surface area contributed by atoms with Crippen LogP contribution < -0.4 is 5.32 Å². The minimum Gasteiger partial charge on any atom is -0.393 e. The van der Waals surface area contributed by atoms with Gasteiger partial charge in [0.05, 0.1) is 6.10 Å². The maximum Gasteiger partial charge on any atom is 0.0589 e. The van der Waals surface area contributed by atoms with E-state index in [0.717, 1.165) is 6.42 Å². The van der Waals surface area contributed by atoms with Gasteiger partial charge in [-0.15, -0.1) is 0 Å². The normalized spacial score (nSPS) is 52.8. The molecule has 13 heavy (non-hydrogen) atoms. The predicted octanol–water partition coefficient (Wildman–Crippen LogP) is 1.39. The molecule has 2 bridgehead atoms. The first-order valence-electron chi connectivity index (χ1n) is 5.30. The summed E-state index contributed by atoms with van der Waals surface area (Å²) in [6.45, 7) is 6.93. The summed E-state index contributed by atoms with van der Waals surface area (Å²) in [6, 6.07) is 0. The Hall–Kier alpha value is -0.0800. The second kappa shape index (κ2) is 2.48. The van der Waals surface area contributed by atoms with Crippen molar-refractivity contribution in [3.8, 4) is 0 Å². The van der Waals surface area contributed by atoms with Gasteiger partial charge in [0.2, 0.25) is 0 Å². The Kier molecular flexibility index (Phi) is 1.81. The monoisotopic (exact) mass is 183 g/mol. The molecule has 0 saturated heterocycles. The summed E-state index contributed by atoms with van der Waals surface area (Å²) in [5.74, 6) is 1.16. The van der Waals surface area contributed by atoms with Crippen LogP contribution in [0.15, 0.2) is 0 Å². The summed E-state index contributed by atoms with van der Waals surface area (Å²) in [7, 11) is 2.02. The quantitative estimate of drug-likeness (QED) is 0.644. The van der Waals surface area contributed by atoms with Crippen molar-refractivity contribution < 1.29 is 5.11 Å². The van der Waals surface area contributed by atoms with E-state index >= 15 is 0 Å². The minimum absolute atomic E-state index is 0.0736. The lowest BCUT2D eigenvalue weighted by atomic mass is 9.63. The van der Waals surface area contributed by atoms with E-state index in [0.29, 0.717) is 17.3 Å². The molecule has 0 heterocycles. The number of rotatable bonds is 1. The zero-order chi connectivity index (χ0) is 9.85. The van der Waals surface area contributed by atoms with Gasteiger partial charge in [0.25, 0.3) is 0 Å². The Morgan fingerprint density at radius 3 is 2.23 bits per heavy atom. The molecule has 76 valence electrons. The Bertz CT molecular complexity index is 226. The molecular weight excluding hydrogens is 162 g/mol. The van der Waals surface area contributed by atoms with Gasteiger partial charge in [-0.25, -0.2) is 0 Å². The van der Waals surface area contributed by atoms with Crippen molar-refractivity contribution in [2.75, 3.05) is 7.05 Å².